The molecule has 10 nitrogen and oxygen atoms in total. The van der Waals surface area contributed by atoms with Crippen LogP contribution in [-0.4, -0.2) is 79.3 Å². The first-order valence-electron chi connectivity index (χ1n) is 11.7. The molecule has 0 bridgehead atoms. The molecule has 10 heteroatoms. The van der Waals surface area contributed by atoms with Crippen molar-refractivity contribution in [2.75, 3.05) is 26.2 Å². The van der Waals surface area contributed by atoms with E-state index in [1.807, 2.05) is 32.0 Å². The molecule has 1 spiro atoms. The van der Waals surface area contributed by atoms with Gasteiger partial charge in [0.05, 0.1) is 28.5 Å². The van der Waals surface area contributed by atoms with Crippen LogP contribution >= 0.6 is 0 Å². The molecule has 5 rings (SSSR count). The lowest BCUT2D eigenvalue weighted by atomic mass is 9.76. The minimum absolute atomic E-state index is 0.0467. The molecule has 3 aliphatic rings. The molecule has 2 saturated heterocycles. The number of nitrogens with zero attached hydrogens (tertiary/aromatic N) is 6. The Balaban J connectivity index is 1.23. The average molecular weight is 467 g/mol. The first-order valence-corrected chi connectivity index (χ1v) is 11.7. The van der Waals surface area contributed by atoms with Gasteiger partial charge in [-0.2, -0.15) is 0 Å². The number of carbonyl (C=O) groups excluding carboxylic acids is 2. The quantitative estimate of drug-likeness (QED) is 0.660. The van der Waals surface area contributed by atoms with Crippen molar-refractivity contribution in [2.24, 2.45) is 5.41 Å². The van der Waals surface area contributed by atoms with Crippen molar-refractivity contribution >= 4 is 11.9 Å². The van der Waals surface area contributed by atoms with Crippen molar-refractivity contribution in [3.63, 3.8) is 0 Å². The van der Waals surface area contributed by atoms with Gasteiger partial charge >= 0.3 is 5.97 Å². The Morgan fingerprint density at radius 2 is 2.00 bits per heavy atom. The maximum absolute atomic E-state index is 13.5. The third kappa shape index (κ3) is 3.80. The van der Waals surface area contributed by atoms with E-state index in [1.165, 1.54) is 6.33 Å². The molecule has 180 valence electrons. The summed E-state index contributed by atoms with van der Waals surface area (Å²) in [5.74, 6) is -0.220. The summed E-state index contributed by atoms with van der Waals surface area (Å²) in [7, 11) is 0. The topological polar surface area (TPSA) is 114 Å². The number of piperidine rings is 1. The van der Waals surface area contributed by atoms with Gasteiger partial charge in [-0.1, -0.05) is 6.07 Å². The molecule has 2 atom stereocenters. The molecule has 1 aromatic carbocycles. The van der Waals surface area contributed by atoms with Crippen LogP contribution in [0.4, 0.5) is 0 Å². The van der Waals surface area contributed by atoms with Gasteiger partial charge in [0, 0.05) is 12.6 Å². The molecule has 0 saturated carbocycles. The van der Waals surface area contributed by atoms with Crippen LogP contribution < -0.4 is 0 Å². The highest BCUT2D eigenvalue weighted by Gasteiger charge is 2.53. The number of hydrogen-bond acceptors (Lipinski definition) is 8. The minimum atomic E-state index is -0.624. The minimum Gasteiger partial charge on any atom is -0.456 e. The van der Waals surface area contributed by atoms with Gasteiger partial charge in [0.2, 0.25) is 5.91 Å². The number of aliphatic hydroxyl groups is 1. The number of aromatic nitrogens is 4. The summed E-state index contributed by atoms with van der Waals surface area (Å²) in [6, 6.07) is 5.82. The molecule has 1 aromatic heterocycles. The van der Waals surface area contributed by atoms with Crippen LogP contribution in [-0.2, 0) is 14.3 Å². The molecular formula is C24H30N6O4. The van der Waals surface area contributed by atoms with Crippen LogP contribution in [0.1, 0.15) is 50.3 Å². The fraction of sp³-hybridized carbons (Fsp3) is 0.542. The average Bonchev–Trinajstić information content (AvgIpc) is 3.51. The standard InChI is InChI=1S/C24H30N6O4/c1-15-10-18(29-14-25-26-27-29)4-5-19(15)21(31)12-28-8-6-24(7-9-28)11-16(2)30(23(24)33)20-13-34-22(32)17(20)3/h4-5,10,14,16,21,31H,6-9,11-13H2,1-3H3/t16?,21-/m1/s1. The molecule has 4 heterocycles. The van der Waals surface area contributed by atoms with E-state index in [2.05, 4.69) is 20.4 Å². The smallest absolute Gasteiger partial charge is 0.336 e. The van der Waals surface area contributed by atoms with Crippen LogP contribution in [0, 0.1) is 12.3 Å². The van der Waals surface area contributed by atoms with Gasteiger partial charge in [-0.05, 0) is 86.8 Å². The predicted octanol–water partition coefficient (Wildman–Crippen LogP) is 1.54. The van der Waals surface area contributed by atoms with E-state index < -0.39 is 11.5 Å². The van der Waals surface area contributed by atoms with Crippen LogP contribution in [0.15, 0.2) is 35.8 Å². The van der Waals surface area contributed by atoms with E-state index in [9.17, 15) is 14.7 Å². The summed E-state index contributed by atoms with van der Waals surface area (Å²) in [6.07, 6.45) is 3.19. The number of cyclic esters (lactones) is 1. The molecule has 2 aromatic rings. The lowest BCUT2D eigenvalue weighted by Gasteiger charge is -2.38. The maximum atomic E-state index is 13.5. The number of ether oxygens (including phenoxy) is 1. The van der Waals surface area contributed by atoms with E-state index in [1.54, 1.807) is 16.5 Å². The summed E-state index contributed by atoms with van der Waals surface area (Å²) in [6.45, 7) is 7.95. The van der Waals surface area contributed by atoms with Crippen molar-refractivity contribution in [3.8, 4) is 5.69 Å². The number of carbonyl (C=O) groups is 2. The Kier molecular flexibility index (Phi) is 5.73. The van der Waals surface area contributed by atoms with E-state index in [0.717, 1.165) is 54.9 Å². The third-order valence-corrected chi connectivity index (χ3v) is 7.64. The number of β-amino-alcohol motifs (C(OH)–C–C–N with tert-alkyl or cyclic N) is 1. The number of tetrazole rings is 1. The summed E-state index contributed by atoms with van der Waals surface area (Å²) >= 11 is 0. The van der Waals surface area contributed by atoms with Crippen LogP contribution in [0.25, 0.3) is 5.69 Å². The number of esters is 1. The lowest BCUT2D eigenvalue weighted by molar-refractivity contribution is -0.139. The van der Waals surface area contributed by atoms with Gasteiger partial charge < -0.3 is 19.6 Å². The van der Waals surface area contributed by atoms with Crippen molar-refractivity contribution in [3.05, 3.63) is 46.9 Å². The number of aliphatic hydroxyl groups excluding tert-OH is 1. The van der Waals surface area contributed by atoms with Crippen LogP contribution in [0.5, 0.6) is 0 Å². The van der Waals surface area contributed by atoms with E-state index >= 15 is 0 Å². The number of amides is 1. The molecule has 1 unspecified atom stereocenters. The Hall–Kier alpha value is -3.11. The number of rotatable bonds is 5. The fourth-order valence-corrected chi connectivity index (χ4v) is 5.69. The fourth-order valence-electron chi connectivity index (χ4n) is 5.69. The highest BCUT2D eigenvalue weighted by molar-refractivity contribution is 5.94. The zero-order valence-electron chi connectivity index (χ0n) is 19.8. The van der Waals surface area contributed by atoms with Crippen molar-refractivity contribution in [1.29, 1.82) is 0 Å². The molecule has 3 aliphatic heterocycles. The van der Waals surface area contributed by atoms with Gasteiger partial charge in [-0.3, -0.25) is 4.79 Å². The maximum Gasteiger partial charge on any atom is 0.336 e. The Morgan fingerprint density at radius 3 is 2.62 bits per heavy atom. The first-order chi connectivity index (χ1) is 16.3. The van der Waals surface area contributed by atoms with Crippen LogP contribution in [0.3, 0.4) is 0 Å². The summed E-state index contributed by atoms with van der Waals surface area (Å²) < 4.78 is 6.73. The normalized spacial score (nSPS) is 23.8. The van der Waals surface area contributed by atoms with Crippen molar-refractivity contribution < 1.29 is 19.4 Å². The van der Waals surface area contributed by atoms with Crippen LogP contribution in [0.2, 0.25) is 0 Å². The third-order valence-electron chi connectivity index (χ3n) is 7.64. The largest absolute Gasteiger partial charge is 0.456 e. The molecule has 0 aliphatic carbocycles. The predicted molar refractivity (Wildman–Crippen MR) is 122 cm³/mol. The highest BCUT2D eigenvalue weighted by Crippen LogP contribution is 2.46. The zero-order valence-corrected chi connectivity index (χ0v) is 19.8. The SMILES string of the molecule is CC1=C(N2C(=O)C3(CCN(C[C@@H](O)c4ccc(-n5cnnn5)cc4C)CC3)CC2C)COC1=O. The summed E-state index contributed by atoms with van der Waals surface area (Å²) in [4.78, 5) is 29.4. The molecule has 2 fully saturated rings. The summed E-state index contributed by atoms with van der Waals surface area (Å²) in [5, 5.41) is 22.2. The number of hydrogen-bond donors (Lipinski definition) is 1. The monoisotopic (exact) mass is 466 g/mol. The van der Waals surface area contributed by atoms with Gasteiger partial charge in [0.1, 0.15) is 12.9 Å². The molecule has 1 N–H and O–H groups in total. The lowest BCUT2D eigenvalue weighted by Crippen LogP contribution is -2.45. The number of benzene rings is 1. The second-order valence-electron chi connectivity index (χ2n) is 9.77. The number of likely N-dealkylation sites (tertiary alicyclic amines) is 2. The Bertz CT molecular complexity index is 1140. The van der Waals surface area contributed by atoms with E-state index in [4.69, 9.17) is 4.74 Å². The molecule has 1 amide bonds. The Labute approximate surface area is 198 Å². The zero-order chi connectivity index (χ0) is 24.0. The van der Waals surface area contributed by atoms with E-state index in [-0.39, 0.29) is 24.5 Å². The molecule has 0 radical (unpaired) electrons. The van der Waals surface area contributed by atoms with Gasteiger partial charge in [0.25, 0.3) is 0 Å². The first kappa shape index (κ1) is 22.7. The van der Waals surface area contributed by atoms with Crippen molar-refractivity contribution in [1.82, 2.24) is 30.0 Å². The van der Waals surface area contributed by atoms with Gasteiger partial charge in [0.15, 0.2) is 0 Å². The molecular weight excluding hydrogens is 436 g/mol. The Morgan fingerprint density at radius 1 is 1.24 bits per heavy atom. The van der Waals surface area contributed by atoms with Gasteiger partial charge in [-0.25, -0.2) is 9.48 Å². The highest BCUT2D eigenvalue weighted by atomic mass is 16.5. The molecule has 34 heavy (non-hydrogen) atoms. The van der Waals surface area contributed by atoms with E-state index in [0.29, 0.717) is 12.1 Å². The second kappa shape index (κ2) is 8.59. The number of aryl methyl sites for hydroxylation is 1. The summed E-state index contributed by atoms with van der Waals surface area (Å²) in [5.41, 5.74) is 3.56. The van der Waals surface area contributed by atoms with Gasteiger partial charge in [-0.15, -0.1) is 5.10 Å². The van der Waals surface area contributed by atoms with Crippen molar-refractivity contribution in [2.45, 2.75) is 52.2 Å². The second-order valence-corrected chi connectivity index (χ2v) is 9.77.